The van der Waals surface area contributed by atoms with Gasteiger partial charge in [-0.1, -0.05) is 6.58 Å². The Hall–Kier alpha value is -4.90. The quantitative estimate of drug-likeness (QED) is 0.224. The van der Waals surface area contributed by atoms with E-state index in [0.29, 0.717) is 34.6 Å². The highest BCUT2D eigenvalue weighted by molar-refractivity contribution is 6.02. The molecule has 0 unspecified atom stereocenters. The number of ether oxygens (including phenoxy) is 2. The van der Waals surface area contributed by atoms with Crippen molar-refractivity contribution in [3.63, 3.8) is 0 Å². The Kier molecular flexibility index (Phi) is 8.97. The van der Waals surface area contributed by atoms with Crippen molar-refractivity contribution in [1.29, 1.82) is 0 Å². The molecule has 11 heteroatoms. The van der Waals surface area contributed by atoms with Crippen molar-refractivity contribution in [2.45, 2.75) is 0 Å². The van der Waals surface area contributed by atoms with Crippen molar-refractivity contribution in [2.24, 2.45) is 0 Å². The minimum atomic E-state index is -0.317. The lowest BCUT2D eigenvalue weighted by molar-refractivity contribution is -0.111. The van der Waals surface area contributed by atoms with E-state index in [9.17, 15) is 4.79 Å². The number of hydrogen-bond donors (Lipinski definition) is 3. The fourth-order valence-corrected chi connectivity index (χ4v) is 3.95. The molecule has 0 aliphatic heterocycles. The summed E-state index contributed by atoms with van der Waals surface area (Å²) < 4.78 is 10.9. The molecule has 1 amide bonds. The number of aromatic nitrogens is 4. The number of nitrogens with one attached hydrogen (secondary N) is 3. The molecule has 0 radical (unpaired) electrons. The first-order chi connectivity index (χ1) is 19.3. The number of likely N-dealkylation sites (N-methyl/N-ethyl adjacent to an activating group) is 2. The first-order valence-electron chi connectivity index (χ1n) is 12.6. The van der Waals surface area contributed by atoms with Crippen LogP contribution in [0, 0.1) is 0 Å². The van der Waals surface area contributed by atoms with Crippen LogP contribution < -0.4 is 25.0 Å². The van der Waals surface area contributed by atoms with E-state index in [1.54, 1.807) is 38.7 Å². The van der Waals surface area contributed by atoms with Gasteiger partial charge >= 0.3 is 0 Å². The van der Waals surface area contributed by atoms with Gasteiger partial charge in [0, 0.05) is 32.4 Å². The van der Waals surface area contributed by atoms with Crippen molar-refractivity contribution in [2.75, 3.05) is 64.0 Å². The SMILES string of the molecule is C=CC(=O)Nc1cc(Nc2nccc(-c3ncc(-c4ccc(OC)cc4)[nH]3)n2)c(OC)cc1N(C)CCN(C)C. The summed E-state index contributed by atoms with van der Waals surface area (Å²) >= 11 is 0. The predicted molar refractivity (Wildman–Crippen MR) is 159 cm³/mol. The van der Waals surface area contributed by atoms with Gasteiger partial charge in [-0.25, -0.2) is 15.0 Å². The summed E-state index contributed by atoms with van der Waals surface area (Å²) in [5.74, 6) is 1.97. The largest absolute Gasteiger partial charge is 0.497 e. The highest BCUT2D eigenvalue weighted by Gasteiger charge is 2.17. The van der Waals surface area contributed by atoms with Gasteiger partial charge in [-0.15, -0.1) is 0 Å². The van der Waals surface area contributed by atoms with Gasteiger partial charge in [-0.2, -0.15) is 0 Å². The molecule has 0 atom stereocenters. The molecule has 2 heterocycles. The molecular formula is C29H34N8O3. The highest BCUT2D eigenvalue weighted by atomic mass is 16.5. The number of nitrogens with zero attached hydrogens (tertiary/aromatic N) is 5. The van der Waals surface area contributed by atoms with Gasteiger partial charge in [0.2, 0.25) is 11.9 Å². The van der Waals surface area contributed by atoms with Gasteiger partial charge in [0.05, 0.1) is 43.2 Å². The van der Waals surface area contributed by atoms with E-state index in [2.05, 4.69) is 46.9 Å². The standard InChI is InChI=1S/C29H34N8O3/c1-7-27(38)32-22-16-23(26(40-6)17-25(22)37(4)15-14-36(2)3)35-29-30-13-12-21(34-29)28-31-18-24(33-28)19-8-10-20(39-5)11-9-19/h7-13,16-18H,1,14-15H2,2-6H3,(H,31,33)(H,32,38)(H,30,34,35). The van der Waals surface area contributed by atoms with Gasteiger partial charge in [-0.05, 0) is 62.1 Å². The average Bonchev–Trinajstić information content (AvgIpc) is 3.47. The molecule has 4 rings (SSSR count). The molecule has 0 fully saturated rings. The van der Waals surface area contributed by atoms with Crippen LogP contribution in [0.1, 0.15) is 0 Å². The third-order valence-electron chi connectivity index (χ3n) is 6.18. The molecule has 0 saturated heterocycles. The fraction of sp³-hybridized carbons (Fsp3) is 0.241. The number of carbonyl (C=O) groups excluding carboxylic acids is 1. The lowest BCUT2D eigenvalue weighted by Gasteiger charge is -2.26. The zero-order chi connectivity index (χ0) is 28.6. The Balaban J connectivity index is 1.62. The van der Waals surface area contributed by atoms with Gasteiger partial charge in [0.25, 0.3) is 0 Å². The summed E-state index contributed by atoms with van der Waals surface area (Å²) in [4.78, 5) is 33.2. The smallest absolute Gasteiger partial charge is 0.247 e. The Bertz CT molecular complexity index is 1470. The molecule has 40 heavy (non-hydrogen) atoms. The summed E-state index contributed by atoms with van der Waals surface area (Å²) in [7, 11) is 9.21. The third-order valence-corrected chi connectivity index (χ3v) is 6.18. The van der Waals surface area contributed by atoms with Gasteiger partial charge in [-0.3, -0.25) is 4.79 Å². The van der Waals surface area contributed by atoms with E-state index in [4.69, 9.17) is 9.47 Å². The maximum atomic E-state index is 12.2. The van der Waals surface area contributed by atoms with Crippen LogP contribution in [0.4, 0.5) is 23.0 Å². The number of H-pyrrole nitrogens is 1. The summed E-state index contributed by atoms with van der Waals surface area (Å²) in [6, 6.07) is 13.2. The maximum Gasteiger partial charge on any atom is 0.247 e. The molecule has 4 aromatic rings. The minimum Gasteiger partial charge on any atom is -0.497 e. The van der Waals surface area contributed by atoms with Crippen LogP contribution in [0.2, 0.25) is 0 Å². The Morgan fingerprint density at radius 3 is 2.48 bits per heavy atom. The van der Waals surface area contributed by atoms with E-state index in [1.165, 1.54) is 6.08 Å². The third kappa shape index (κ3) is 6.75. The van der Waals surface area contributed by atoms with Crippen molar-refractivity contribution in [3.8, 4) is 34.3 Å². The van der Waals surface area contributed by atoms with Crippen LogP contribution in [0.5, 0.6) is 11.5 Å². The molecular weight excluding hydrogens is 508 g/mol. The molecule has 2 aromatic heterocycles. The first-order valence-corrected chi connectivity index (χ1v) is 12.6. The number of hydrogen-bond acceptors (Lipinski definition) is 9. The van der Waals surface area contributed by atoms with Gasteiger partial charge in [0.15, 0.2) is 5.82 Å². The molecule has 0 aliphatic carbocycles. The molecule has 0 spiro atoms. The number of aromatic amines is 1. The highest BCUT2D eigenvalue weighted by Crippen LogP contribution is 2.38. The van der Waals surface area contributed by atoms with Crippen molar-refractivity contribution in [3.05, 3.63) is 67.5 Å². The van der Waals surface area contributed by atoms with Crippen LogP contribution in [-0.2, 0) is 4.79 Å². The second kappa shape index (κ2) is 12.8. The molecule has 208 valence electrons. The normalized spacial score (nSPS) is 10.8. The van der Waals surface area contributed by atoms with E-state index < -0.39 is 0 Å². The molecule has 3 N–H and O–H groups in total. The molecule has 0 aliphatic rings. The van der Waals surface area contributed by atoms with E-state index in [0.717, 1.165) is 35.8 Å². The van der Waals surface area contributed by atoms with Crippen LogP contribution >= 0.6 is 0 Å². The average molecular weight is 543 g/mol. The topological polar surface area (TPSA) is 121 Å². The monoisotopic (exact) mass is 542 g/mol. The zero-order valence-corrected chi connectivity index (χ0v) is 23.4. The predicted octanol–water partition coefficient (Wildman–Crippen LogP) is 4.42. The Labute approximate surface area is 233 Å². The van der Waals surface area contributed by atoms with Crippen LogP contribution in [0.3, 0.4) is 0 Å². The maximum absolute atomic E-state index is 12.2. The Morgan fingerprint density at radius 2 is 1.80 bits per heavy atom. The summed E-state index contributed by atoms with van der Waals surface area (Å²) in [5, 5.41) is 6.12. The lowest BCUT2D eigenvalue weighted by atomic mass is 10.2. The number of amides is 1. The molecule has 0 saturated carbocycles. The van der Waals surface area contributed by atoms with Crippen molar-refractivity contribution in [1.82, 2.24) is 24.8 Å². The number of carbonyl (C=O) groups is 1. The number of imidazole rings is 1. The number of methoxy groups -OCH3 is 2. The fourth-order valence-electron chi connectivity index (χ4n) is 3.95. The minimum absolute atomic E-state index is 0.317. The number of anilines is 4. The second-order valence-corrected chi connectivity index (χ2v) is 9.25. The van der Waals surface area contributed by atoms with E-state index in [1.807, 2.05) is 51.5 Å². The van der Waals surface area contributed by atoms with Crippen molar-refractivity contribution >= 4 is 28.9 Å². The van der Waals surface area contributed by atoms with E-state index >= 15 is 0 Å². The van der Waals surface area contributed by atoms with Crippen LogP contribution in [0.25, 0.3) is 22.8 Å². The zero-order valence-electron chi connectivity index (χ0n) is 23.4. The second-order valence-electron chi connectivity index (χ2n) is 9.25. The van der Waals surface area contributed by atoms with Crippen molar-refractivity contribution < 1.29 is 14.3 Å². The first kappa shape index (κ1) is 28.1. The number of rotatable bonds is 12. The van der Waals surface area contributed by atoms with Gasteiger partial charge < -0.3 is 34.9 Å². The number of benzene rings is 2. The van der Waals surface area contributed by atoms with Gasteiger partial charge in [0.1, 0.15) is 17.2 Å². The Morgan fingerprint density at radius 1 is 1.02 bits per heavy atom. The summed E-state index contributed by atoms with van der Waals surface area (Å²) in [6.45, 7) is 5.15. The molecule has 11 nitrogen and oxygen atoms in total. The van der Waals surface area contributed by atoms with Crippen LogP contribution in [0.15, 0.2) is 67.5 Å². The van der Waals surface area contributed by atoms with E-state index in [-0.39, 0.29) is 5.91 Å². The lowest BCUT2D eigenvalue weighted by Crippen LogP contribution is -2.29. The molecule has 2 aromatic carbocycles. The summed E-state index contributed by atoms with van der Waals surface area (Å²) in [6.07, 6.45) is 4.64. The van der Waals surface area contributed by atoms with Crippen LogP contribution in [-0.4, -0.2) is 79.2 Å². The molecule has 0 bridgehead atoms. The summed E-state index contributed by atoms with van der Waals surface area (Å²) in [5.41, 5.74) is 4.42.